The maximum absolute atomic E-state index is 12.3. The van der Waals surface area contributed by atoms with Crippen molar-refractivity contribution in [3.05, 3.63) is 0 Å². The van der Waals surface area contributed by atoms with Crippen LogP contribution in [0.15, 0.2) is 0 Å². The van der Waals surface area contributed by atoms with E-state index in [1.807, 2.05) is 0 Å². The van der Waals surface area contributed by atoms with Crippen molar-refractivity contribution < 1.29 is 18.5 Å². The molecular formula is C31H54N2O2+2. The quantitative estimate of drug-likeness (QED) is 0.373. The zero-order valence-corrected chi connectivity index (χ0v) is 23.6. The van der Waals surface area contributed by atoms with Crippen molar-refractivity contribution in [2.24, 2.45) is 34.5 Å². The van der Waals surface area contributed by atoms with Crippen molar-refractivity contribution in [3.63, 3.8) is 0 Å². The van der Waals surface area contributed by atoms with E-state index in [2.05, 4.69) is 27.9 Å². The average Bonchev–Trinajstić information content (AvgIpc) is 3.51. The Hall–Kier alpha value is -0.610. The molecule has 4 heteroatoms. The minimum Gasteiger partial charge on any atom is -0.456 e. The molecule has 4 saturated carbocycles. The van der Waals surface area contributed by atoms with Crippen LogP contribution in [0.2, 0.25) is 0 Å². The smallest absolute Gasteiger partial charge is 0.303 e. The van der Waals surface area contributed by atoms with Gasteiger partial charge in [0.25, 0.3) is 0 Å². The molecule has 0 unspecified atom stereocenters. The second kappa shape index (κ2) is 8.45. The Labute approximate surface area is 215 Å². The molecule has 2 saturated heterocycles. The van der Waals surface area contributed by atoms with Crippen LogP contribution in [0.25, 0.3) is 0 Å². The summed E-state index contributed by atoms with van der Waals surface area (Å²) >= 11 is 0. The monoisotopic (exact) mass is 486 g/mol. The van der Waals surface area contributed by atoms with Crippen molar-refractivity contribution in [1.82, 2.24) is 0 Å². The Morgan fingerprint density at radius 1 is 0.800 bits per heavy atom. The van der Waals surface area contributed by atoms with Crippen molar-refractivity contribution in [3.8, 4) is 0 Å². The van der Waals surface area contributed by atoms with Gasteiger partial charge in [-0.25, -0.2) is 0 Å². The molecule has 2 heterocycles. The first-order chi connectivity index (χ1) is 16.6. The molecule has 4 nitrogen and oxygen atoms in total. The van der Waals surface area contributed by atoms with Crippen LogP contribution in [-0.2, 0) is 9.53 Å². The van der Waals surface area contributed by atoms with Gasteiger partial charge in [-0.05, 0) is 67.6 Å². The number of ether oxygens (including phenoxy) is 1. The van der Waals surface area contributed by atoms with E-state index in [1.165, 1.54) is 101 Å². The molecule has 2 aliphatic heterocycles. The van der Waals surface area contributed by atoms with Crippen LogP contribution in [0.1, 0.15) is 97.8 Å². The first-order valence-corrected chi connectivity index (χ1v) is 15.4. The van der Waals surface area contributed by atoms with Crippen molar-refractivity contribution in [2.75, 3.05) is 40.3 Å². The van der Waals surface area contributed by atoms with Gasteiger partial charge in [0, 0.05) is 50.9 Å². The maximum Gasteiger partial charge on any atom is 0.303 e. The minimum atomic E-state index is -0.0577. The van der Waals surface area contributed by atoms with Crippen LogP contribution in [0.5, 0.6) is 0 Å². The first-order valence-electron chi connectivity index (χ1n) is 15.4. The number of hydrogen-bond donors (Lipinski definition) is 0. The highest BCUT2D eigenvalue weighted by atomic mass is 16.5. The molecule has 9 atom stereocenters. The van der Waals surface area contributed by atoms with Crippen LogP contribution in [0.4, 0.5) is 0 Å². The lowest BCUT2D eigenvalue weighted by molar-refractivity contribution is -0.928. The molecule has 0 bridgehead atoms. The van der Waals surface area contributed by atoms with Gasteiger partial charge in [-0.15, -0.1) is 0 Å². The SMILES string of the molecule is CC(=O)O[C@H]1C[C@@]2(C)[C@@H](CC[C@@H]3[C@@H]2CC[C@@]2(C)[C@H]3CC[C@@H]2[N+]2(C)CCCC2)C[C@@H]1[N+]1(C)CCCC1. The third kappa shape index (κ3) is 3.69. The summed E-state index contributed by atoms with van der Waals surface area (Å²) in [6.07, 6.45) is 16.8. The molecule has 0 aromatic carbocycles. The molecule has 35 heavy (non-hydrogen) atoms. The molecule has 0 amide bonds. The van der Waals surface area contributed by atoms with E-state index in [-0.39, 0.29) is 12.1 Å². The Balaban J connectivity index is 1.26. The fourth-order valence-electron chi connectivity index (χ4n) is 12.0. The molecule has 0 N–H and O–H groups in total. The maximum atomic E-state index is 12.3. The number of carbonyl (C=O) groups is 1. The van der Waals surface area contributed by atoms with Gasteiger partial charge in [0.1, 0.15) is 6.04 Å². The number of carbonyl (C=O) groups excluding carboxylic acids is 1. The van der Waals surface area contributed by atoms with Crippen LogP contribution in [0.3, 0.4) is 0 Å². The highest BCUT2D eigenvalue weighted by Crippen LogP contribution is 2.67. The van der Waals surface area contributed by atoms with Gasteiger partial charge in [-0.1, -0.05) is 13.8 Å². The number of quaternary nitrogens is 2. The molecule has 198 valence electrons. The van der Waals surface area contributed by atoms with E-state index in [0.717, 1.165) is 40.6 Å². The van der Waals surface area contributed by atoms with Crippen molar-refractivity contribution in [1.29, 1.82) is 0 Å². The van der Waals surface area contributed by atoms with Gasteiger partial charge < -0.3 is 13.7 Å². The van der Waals surface area contributed by atoms with Crippen LogP contribution < -0.4 is 0 Å². The largest absolute Gasteiger partial charge is 0.456 e. The number of hydrogen-bond acceptors (Lipinski definition) is 2. The Morgan fingerprint density at radius 2 is 1.43 bits per heavy atom. The highest BCUT2D eigenvalue weighted by molar-refractivity contribution is 5.66. The zero-order chi connectivity index (χ0) is 24.6. The summed E-state index contributed by atoms with van der Waals surface area (Å²) in [5.41, 5.74) is 0.897. The van der Waals surface area contributed by atoms with Gasteiger partial charge in [-0.3, -0.25) is 4.79 Å². The van der Waals surface area contributed by atoms with Crippen LogP contribution in [0, 0.1) is 34.5 Å². The molecule has 6 rings (SSSR count). The number of fused-ring (bicyclic) bond motifs is 5. The third-order valence-electron chi connectivity index (χ3n) is 13.7. The number of rotatable bonds is 3. The van der Waals surface area contributed by atoms with Crippen molar-refractivity contribution >= 4 is 5.97 Å². The molecule has 0 aromatic heterocycles. The molecule has 0 aromatic rings. The van der Waals surface area contributed by atoms with Gasteiger partial charge in [-0.2, -0.15) is 0 Å². The molecule has 6 fully saturated rings. The summed E-state index contributed by atoms with van der Waals surface area (Å²) < 4.78 is 8.74. The summed E-state index contributed by atoms with van der Waals surface area (Å²) in [7, 11) is 5.07. The zero-order valence-electron chi connectivity index (χ0n) is 23.6. The third-order valence-corrected chi connectivity index (χ3v) is 13.7. The van der Waals surface area contributed by atoms with Gasteiger partial charge in [0.05, 0.1) is 46.3 Å². The summed E-state index contributed by atoms with van der Waals surface area (Å²) in [6, 6.07) is 1.41. The molecule has 4 aliphatic carbocycles. The number of esters is 1. The van der Waals surface area contributed by atoms with E-state index < -0.39 is 0 Å². The number of likely N-dealkylation sites (N-methyl/N-ethyl adjacent to an activating group) is 1. The molecule has 0 spiro atoms. The summed E-state index contributed by atoms with van der Waals surface area (Å²) in [5.74, 6) is 3.43. The molecule has 0 radical (unpaired) electrons. The highest BCUT2D eigenvalue weighted by Gasteiger charge is 2.65. The Morgan fingerprint density at radius 3 is 2.09 bits per heavy atom. The standard InChI is InChI=1S/C31H54N2O2/c1-22(34)35-28-21-31(3)23(20-27(28)32(4)16-6-7-17-32)10-11-24-25-12-13-29(33(5)18-8-9-19-33)30(25,2)15-14-26(24)31/h23-29H,6-21H2,1-5H3/q+2/t23-,24-,25-,26-,27-,28-,29-,30-,31-/m0/s1. The predicted octanol–water partition coefficient (Wildman–Crippen LogP) is 5.79. The fraction of sp³-hybridized carbons (Fsp3) is 0.968. The second-order valence-corrected chi connectivity index (χ2v) is 15.2. The second-order valence-electron chi connectivity index (χ2n) is 15.2. The van der Waals surface area contributed by atoms with E-state index in [9.17, 15) is 4.79 Å². The summed E-state index contributed by atoms with van der Waals surface area (Å²) in [6.45, 7) is 12.4. The van der Waals surface area contributed by atoms with E-state index >= 15 is 0 Å². The lowest BCUT2D eigenvalue weighted by Crippen LogP contribution is -2.65. The van der Waals surface area contributed by atoms with Gasteiger partial charge in [0.2, 0.25) is 0 Å². The Bertz CT molecular complexity index is 830. The van der Waals surface area contributed by atoms with Crippen LogP contribution in [-0.4, -0.2) is 73.4 Å². The Kier molecular flexibility index (Phi) is 5.97. The lowest BCUT2D eigenvalue weighted by Gasteiger charge is -2.63. The first kappa shape index (κ1) is 24.7. The number of likely N-dealkylation sites (tertiary alicyclic amines) is 2. The molecule has 6 aliphatic rings. The van der Waals surface area contributed by atoms with Crippen molar-refractivity contribution in [2.45, 2.75) is 116 Å². The average molecular weight is 487 g/mol. The minimum absolute atomic E-state index is 0.0577. The number of nitrogens with zero attached hydrogens (tertiary/aromatic N) is 2. The summed E-state index contributed by atoms with van der Waals surface area (Å²) in [5, 5.41) is 0. The predicted molar refractivity (Wildman–Crippen MR) is 141 cm³/mol. The van der Waals surface area contributed by atoms with Gasteiger partial charge in [0.15, 0.2) is 6.10 Å². The van der Waals surface area contributed by atoms with E-state index in [4.69, 9.17) is 4.74 Å². The summed E-state index contributed by atoms with van der Waals surface area (Å²) in [4.78, 5) is 12.3. The van der Waals surface area contributed by atoms with Crippen LogP contribution >= 0.6 is 0 Å². The lowest BCUT2D eigenvalue weighted by atomic mass is 9.44. The van der Waals surface area contributed by atoms with Gasteiger partial charge >= 0.3 is 5.97 Å². The van der Waals surface area contributed by atoms with E-state index in [0.29, 0.717) is 16.9 Å². The fourth-order valence-corrected chi connectivity index (χ4v) is 12.0. The molecular weight excluding hydrogens is 432 g/mol. The normalized spacial score (nSPS) is 50.3. The van der Waals surface area contributed by atoms with E-state index in [1.54, 1.807) is 6.92 Å². The topological polar surface area (TPSA) is 26.3 Å².